The lowest BCUT2D eigenvalue weighted by molar-refractivity contribution is -0.127. The van der Waals surface area contributed by atoms with Crippen molar-refractivity contribution in [1.29, 1.82) is 0 Å². The van der Waals surface area contributed by atoms with Crippen LogP contribution >= 0.6 is 0 Å². The average molecular weight is 255 g/mol. The van der Waals surface area contributed by atoms with Crippen molar-refractivity contribution in [3.05, 3.63) is 0 Å². The standard InChI is InChI=1S/C16H33NO/c1-11(2)10-18-14-9-13(16(14,7)8)17-12(3)15(4,5)6/h11-14,17H,9-10H2,1-8H3. The highest BCUT2D eigenvalue weighted by atomic mass is 16.5. The lowest BCUT2D eigenvalue weighted by Crippen LogP contribution is -2.63. The van der Waals surface area contributed by atoms with Crippen LogP contribution in [0.15, 0.2) is 0 Å². The second-order valence-corrected chi connectivity index (χ2v) is 8.08. The van der Waals surface area contributed by atoms with Crippen LogP contribution in [0.4, 0.5) is 0 Å². The van der Waals surface area contributed by atoms with Crippen molar-refractivity contribution in [2.24, 2.45) is 16.7 Å². The lowest BCUT2D eigenvalue weighted by Gasteiger charge is -2.54. The van der Waals surface area contributed by atoms with Gasteiger partial charge < -0.3 is 10.1 Å². The summed E-state index contributed by atoms with van der Waals surface area (Å²) in [6, 6.07) is 1.12. The zero-order valence-electron chi connectivity index (χ0n) is 13.6. The molecule has 0 spiro atoms. The second kappa shape index (κ2) is 5.50. The van der Waals surface area contributed by atoms with Crippen molar-refractivity contribution in [2.45, 2.75) is 80.0 Å². The molecule has 2 heteroatoms. The van der Waals surface area contributed by atoms with Gasteiger partial charge in [0.1, 0.15) is 0 Å². The zero-order valence-corrected chi connectivity index (χ0v) is 13.6. The Balaban J connectivity index is 2.44. The van der Waals surface area contributed by atoms with Crippen LogP contribution in [0, 0.1) is 16.7 Å². The van der Waals surface area contributed by atoms with Crippen molar-refractivity contribution in [3.8, 4) is 0 Å². The van der Waals surface area contributed by atoms with E-state index >= 15 is 0 Å². The largest absolute Gasteiger partial charge is 0.377 e. The Labute approximate surface area is 114 Å². The minimum atomic E-state index is 0.258. The highest BCUT2D eigenvalue weighted by Gasteiger charge is 2.49. The molecular formula is C16H33NO. The normalized spacial score (nSPS) is 29.2. The maximum atomic E-state index is 6.01. The summed E-state index contributed by atoms with van der Waals surface area (Å²) >= 11 is 0. The topological polar surface area (TPSA) is 21.3 Å². The summed E-state index contributed by atoms with van der Waals surface area (Å²) in [5.41, 5.74) is 0.578. The van der Waals surface area contributed by atoms with Gasteiger partial charge in [-0.2, -0.15) is 0 Å². The van der Waals surface area contributed by atoms with E-state index in [0.29, 0.717) is 29.5 Å². The van der Waals surface area contributed by atoms with E-state index < -0.39 is 0 Å². The third kappa shape index (κ3) is 3.71. The number of nitrogens with one attached hydrogen (secondary N) is 1. The number of ether oxygens (including phenoxy) is 1. The van der Waals surface area contributed by atoms with Gasteiger partial charge >= 0.3 is 0 Å². The van der Waals surface area contributed by atoms with E-state index in [2.05, 4.69) is 60.7 Å². The van der Waals surface area contributed by atoms with Gasteiger partial charge in [-0.1, -0.05) is 48.5 Å². The van der Waals surface area contributed by atoms with Gasteiger partial charge in [0.25, 0.3) is 0 Å². The molecule has 1 fully saturated rings. The molecule has 0 amide bonds. The first kappa shape index (κ1) is 16.0. The molecule has 1 aliphatic carbocycles. The van der Waals surface area contributed by atoms with E-state index in [1.165, 1.54) is 0 Å². The summed E-state index contributed by atoms with van der Waals surface area (Å²) in [5.74, 6) is 0.626. The quantitative estimate of drug-likeness (QED) is 0.805. The van der Waals surface area contributed by atoms with Crippen LogP contribution in [0.25, 0.3) is 0 Å². The predicted octanol–water partition coefficient (Wildman–Crippen LogP) is 3.85. The van der Waals surface area contributed by atoms with Crippen LogP contribution in [0.1, 0.15) is 61.8 Å². The van der Waals surface area contributed by atoms with Crippen LogP contribution in [0.5, 0.6) is 0 Å². The molecular weight excluding hydrogens is 222 g/mol. The molecule has 0 bridgehead atoms. The maximum Gasteiger partial charge on any atom is 0.0656 e. The average Bonchev–Trinajstić information content (AvgIpc) is 2.19. The first-order chi connectivity index (χ1) is 8.05. The summed E-state index contributed by atoms with van der Waals surface area (Å²) < 4.78 is 6.01. The van der Waals surface area contributed by atoms with Gasteiger partial charge in [-0.15, -0.1) is 0 Å². The smallest absolute Gasteiger partial charge is 0.0656 e. The van der Waals surface area contributed by atoms with E-state index in [1.807, 2.05) is 0 Å². The third-order valence-electron chi connectivity index (χ3n) is 4.56. The van der Waals surface area contributed by atoms with Crippen molar-refractivity contribution in [1.82, 2.24) is 5.32 Å². The van der Waals surface area contributed by atoms with Gasteiger partial charge in [-0.3, -0.25) is 0 Å². The van der Waals surface area contributed by atoms with Crippen molar-refractivity contribution in [3.63, 3.8) is 0 Å². The zero-order chi connectivity index (χ0) is 14.1. The Bertz CT molecular complexity index is 265. The molecule has 0 radical (unpaired) electrons. The molecule has 2 nitrogen and oxygen atoms in total. The summed E-state index contributed by atoms with van der Waals surface area (Å²) in [6.07, 6.45) is 1.57. The second-order valence-electron chi connectivity index (χ2n) is 8.08. The molecule has 3 atom stereocenters. The molecule has 0 aromatic carbocycles. The van der Waals surface area contributed by atoms with Gasteiger partial charge in [0, 0.05) is 24.1 Å². The van der Waals surface area contributed by atoms with E-state index in [9.17, 15) is 0 Å². The number of rotatable bonds is 5. The van der Waals surface area contributed by atoms with Gasteiger partial charge in [-0.25, -0.2) is 0 Å². The molecule has 1 saturated carbocycles. The molecule has 108 valence electrons. The Kier molecular flexibility index (Phi) is 4.88. The van der Waals surface area contributed by atoms with Crippen LogP contribution in [0.3, 0.4) is 0 Å². The van der Waals surface area contributed by atoms with Crippen LogP contribution in [-0.4, -0.2) is 24.8 Å². The van der Waals surface area contributed by atoms with E-state index in [-0.39, 0.29) is 5.41 Å². The predicted molar refractivity (Wildman–Crippen MR) is 78.8 cm³/mol. The third-order valence-corrected chi connectivity index (χ3v) is 4.56. The van der Waals surface area contributed by atoms with E-state index in [4.69, 9.17) is 4.74 Å². The minimum absolute atomic E-state index is 0.258. The SMILES string of the molecule is CC(C)COC1CC(NC(C)C(C)(C)C)C1(C)C. The van der Waals surface area contributed by atoms with Gasteiger partial charge in [-0.05, 0) is 24.7 Å². The molecule has 3 unspecified atom stereocenters. The Morgan fingerprint density at radius 2 is 1.78 bits per heavy atom. The summed E-state index contributed by atoms with van der Waals surface area (Å²) in [4.78, 5) is 0. The summed E-state index contributed by atoms with van der Waals surface area (Å²) in [6.45, 7) is 19.1. The fourth-order valence-corrected chi connectivity index (χ4v) is 2.31. The number of hydrogen-bond donors (Lipinski definition) is 1. The fraction of sp³-hybridized carbons (Fsp3) is 1.00. The van der Waals surface area contributed by atoms with Crippen molar-refractivity contribution in [2.75, 3.05) is 6.61 Å². The Morgan fingerprint density at radius 1 is 1.22 bits per heavy atom. The number of hydrogen-bond acceptors (Lipinski definition) is 2. The molecule has 1 N–H and O–H groups in total. The highest BCUT2D eigenvalue weighted by molar-refractivity contribution is 5.04. The van der Waals surface area contributed by atoms with Crippen molar-refractivity contribution >= 4 is 0 Å². The maximum absolute atomic E-state index is 6.01. The lowest BCUT2D eigenvalue weighted by atomic mass is 9.64. The first-order valence-corrected chi connectivity index (χ1v) is 7.42. The van der Waals surface area contributed by atoms with Crippen molar-refractivity contribution < 1.29 is 4.74 Å². The van der Waals surface area contributed by atoms with Gasteiger partial charge in [0.15, 0.2) is 0 Å². The molecule has 0 heterocycles. The van der Waals surface area contributed by atoms with Crippen LogP contribution in [0.2, 0.25) is 0 Å². The summed E-state index contributed by atoms with van der Waals surface area (Å²) in [5, 5.41) is 3.78. The molecule has 0 aromatic rings. The first-order valence-electron chi connectivity index (χ1n) is 7.42. The fourth-order valence-electron chi connectivity index (χ4n) is 2.31. The minimum Gasteiger partial charge on any atom is -0.377 e. The van der Waals surface area contributed by atoms with E-state index in [0.717, 1.165) is 13.0 Å². The van der Waals surface area contributed by atoms with Gasteiger partial charge in [0.2, 0.25) is 0 Å². The van der Waals surface area contributed by atoms with Crippen LogP contribution < -0.4 is 5.32 Å². The summed E-state index contributed by atoms with van der Waals surface area (Å²) in [7, 11) is 0. The van der Waals surface area contributed by atoms with Gasteiger partial charge in [0.05, 0.1) is 6.10 Å². The van der Waals surface area contributed by atoms with Crippen LogP contribution in [-0.2, 0) is 4.74 Å². The molecule has 0 saturated heterocycles. The van der Waals surface area contributed by atoms with E-state index in [1.54, 1.807) is 0 Å². The molecule has 0 aliphatic heterocycles. The molecule has 0 aromatic heterocycles. The molecule has 1 aliphatic rings. The monoisotopic (exact) mass is 255 g/mol. The Hall–Kier alpha value is -0.0800. The molecule has 1 rings (SSSR count). The highest BCUT2D eigenvalue weighted by Crippen LogP contribution is 2.43. The Morgan fingerprint density at radius 3 is 2.17 bits per heavy atom. The molecule has 18 heavy (non-hydrogen) atoms.